The Morgan fingerprint density at radius 3 is 0.576 bits per heavy atom. The second-order valence-corrected chi connectivity index (χ2v) is 9.92. The zero-order chi connectivity index (χ0) is 48.7. The molecular formula is C18H3F35O6. The number of aliphatic hydroxyl groups excluding tert-OH is 1. The van der Waals surface area contributed by atoms with Gasteiger partial charge in [-0.15, -0.1) is 0 Å². The third-order valence-corrected chi connectivity index (χ3v) is 5.67. The van der Waals surface area contributed by atoms with E-state index in [1.54, 1.807) is 0 Å². The molecule has 0 radical (unpaired) electrons. The first-order chi connectivity index (χ1) is 24.8. The molecule has 0 saturated heterocycles. The molecule has 5 atom stereocenters. The molecular weight excluding hydrogens is 977 g/mol. The summed E-state index contributed by atoms with van der Waals surface area (Å²) in [5.41, 5.74) is 0. The standard InChI is InChI=1S/C18H3F35O6/c19-2(1-54,8(26,27)28)55-15(46,47)4(22,10(32,33)34)57-17(50,51)6(24,12(38,39)40)59-18(52,53)7(25,13(41,42)43)58-16(48,49)5(23,11(35,36)37)56-14(44,45)3(20,21)9(29,30)31/h54H,1H2/t2-,4+,5+,6+,7+/m1/s1. The number of halogens is 35. The van der Waals surface area contributed by atoms with Gasteiger partial charge in [-0.2, -0.15) is 154 Å². The lowest BCUT2D eigenvalue weighted by atomic mass is 10.2. The average molecular weight is 980 g/mol. The number of rotatable bonds is 16. The second-order valence-electron chi connectivity index (χ2n) is 9.92. The predicted octanol–water partition coefficient (Wildman–Crippen LogP) is 10.4. The van der Waals surface area contributed by atoms with E-state index < -0.39 is 109 Å². The minimum atomic E-state index is -9.58. The molecule has 0 aliphatic carbocycles. The van der Waals surface area contributed by atoms with E-state index >= 15 is 0 Å². The largest absolute Gasteiger partial charge is 0.462 e. The molecule has 0 aliphatic heterocycles. The van der Waals surface area contributed by atoms with Crippen LogP contribution >= 0.6 is 0 Å². The summed E-state index contributed by atoms with van der Waals surface area (Å²) in [4.78, 5) is 0. The van der Waals surface area contributed by atoms with Crippen LogP contribution in [0.3, 0.4) is 0 Å². The van der Waals surface area contributed by atoms with Crippen molar-refractivity contribution in [3.63, 3.8) is 0 Å². The van der Waals surface area contributed by atoms with E-state index in [-0.39, 0.29) is 0 Å². The average Bonchev–Trinajstić information content (AvgIpc) is 2.91. The van der Waals surface area contributed by atoms with Crippen molar-refractivity contribution in [2.75, 3.05) is 6.61 Å². The van der Waals surface area contributed by atoms with Crippen LogP contribution in [-0.2, 0) is 23.7 Å². The van der Waals surface area contributed by atoms with Crippen LogP contribution < -0.4 is 0 Å². The summed E-state index contributed by atoms with van der Waals surface area (Å²) in [6.07, 6.45) is -97.2. The van der Waals surface area contributed by atoms with Crippen LogP contribution in [0.1, 0.15) is 0 Å². The van der Waals surface area contributed by atoms with Gasteiger partial charge in [0.15, 0.2) is 0 Å². The molecule has 356 valence electrons. The van der Waals surface area contributed by atoms with Crippen molar-refractivity contribution in [3.05, 3.63) is 0 Å². The summed E-state index contributed by atoms with van der Waals surface area (Å²) in [5, 5.41) is 8.13. The maximum absolute atomic E-state index is 14.6. The SMILES string of the molecule is OC[C@@](F)(OC(F)(F)[C@@](F)(OC(F)(F)[C@@](F)(OC(F)(F)[C@@](F)(OC(F)(F)[C@@](F)(OC(F)(F)C(F)(F)C(F)(F)F)C(F)(F)F)C(F)(F)F)C(F)(F)F)C(F)(F)F)C(F)(F)F. The fourth-order valence-corrected chi connectivity index (χ4v) is 2.71. The molecule has 59 heavy (non-hydrogen) atoms. The van der Waals surface area contributed by atoms with Crippen molar-refractivity contribution >= 4 is 0 Å². The van der Waals surface area contributed by atoms with Crippen molar-refractivity contribution < 1.29 is 182 Å². The molecule has 0 rings (SSSR count). The number of aliphatic hydroxyl groups is 1. The Kier molecular flexibility index (Phi) is 14.0. The first-order valence-corrected chi connectivity index (χ1v) is 12.1. The maximum atomic E-state index is 14.6. The molecule has 0 spiro atoms. The molecule has 0 fully saturated rings. The van der Waals surface area contributed by atoms with Crippen molar-refractivity contribution in [3.8, 4) is 0 Å². The highest BCUT2D eigenvalue weighted by Gasteiger charge is 2.91. The van der Waals surface area contributed by atoms with Gasteiger partial charge in [0.25, 0.3) is 0 Å². The van der Waals surface area contributed by atoms with E-state index in [9.17, 15) is 154 Å². The molecule has 0 unspecified atom stereocenters. The minimum absolute atomic E-state index is 0.705. The van der Waals surface area contributed by atoms with E-state index in [4.69, 9.17) is 5.11 Å². The lowest BCUT2D eigenvalue weighted by Gasteiger charge is -2.44. The van der Waals surface area contributed by atoms with Crippen LogP contribution in [0.15, 0.2) is 0 Å². The highest BCUT2D eigenvalue weighted by atomic mass is 19.5. The predicted molar refractivity (Wildman–Crippen MR) is 97.7 cm³/mol. The van der Waals surface area contributed by atoms with E-state index in [0.29, 0.717) is 9.47 Å². The van der Waals surface area contributed by atoms with Crippen LogP contribution in [0.5, 0.6) is 0 Å². The van der Waals surface area contributed by atoms with Gasteiger partial charge in [0.2, 0.25) is 0 Å². The topological polar surface area (TPSA) is 66.4 Å². The highest BCUT2D eigenvalue weighted by molar-refractivity contribution is 5.00. The van der Waals surface area contributed by atoms with Crippen LogP contribution in [0.25, 0.3) is 0 Å². The van der Waals surface area contributed by atoms with Crippen LogP contribution in [0.2, 0.25) is 0 Å². The summed E-state index contributed by atoms with van der Waals surface area (Å²) < 4.78 is 472. The molecule has 1 N–H and O–H groups in total. The summed E-state index contributed by atoms with van der Waals surface area (Å²) in [7, 11) is 0. The zero-order valence-electron chi connectivity index (χ0n) is 24.9. The van der Waals surface area contributed by atoms with Gasteiger partial charge in [-0.25, -0.2) is 0 Å². The number of ether oxygens (including phenoxy) is 5. The summed E-state index contributed by atoms with van der Waals surface area (Å²) in [6, 6.07) is 0. The van der Waals surface area contributed by atoms with E-state index in [1.807, 2.05) is 0 Å². The maximum Gasteiger partial charge on any atom is 0.462 e. The fourth-order valence-electron chi connectivity index (χ4n) is 2.71. The third kappa shape index (κ3) is 9.40. The molecule has 41 heteroatoms. The molecule has 0 bridgehead atoms. The molecule has 0 aromatic heterocycles. The Morgan fingerprint density at radius 2 is 0.424 bits per heavy atom. The fraction of sp³-hybridized carbons (Fsp3) is 1.00. The molecule has 0 saturated carbocycles. The Balaban J connectivity index is 7.96. The van der Waals surface area contributed by atoms with Gasteiger partial charge in [0.1, 0.15) is 6.61 Å². The van der Waals surface area contributed by atoms with Gasteiger partial charge in [-0.1, -0.05) is 0 Å². The van der Waals surface area contributed by atoms with Gasteiger partial charge in [0.05, 0.1) is 0 Å². The smallest absolute Gasteiger partial charge is 0.390 e. The van der Waals surface area contributed by atoms with Crippen molar-refractivity contribution in [2.45, 2.75) is 103 Å². The van der Waals surface area contributed by atoms with Gasteiger partial charge >= 0.3 is 103 Å². The lowest BCUT2D eigenvalue weighted by Crippen LogP contribution is -2.73. The van der Waals surface area contributed by atoms with Crippen molar-refractivity contribution in [1.82, 2.24) is 0 Å². The number of hydrogen-bond acceptors (Lipinski definition) is 6. The van der Waals surface area contributed by atoms with E-state index in [0.717, 1.165) is 9.47 Å². The van der Waals surface area contributed by atoms with Crippen molar-refractivity contribution in [1.29, 1.82) is 0 Å². The minimum Gasteiger partial charge on any atom is -0.390 e. The van der Waals surface area contributed by atoms with E-state index in [2.05, 4.69) is 0 Å². The Hall–Kier alpha value is -2.69. The van der Waals surface area contributed by atoms with Gasteiger partial charge < -0.3 is 5.11 Å². The molecule has 0 aromatic rings. The Labute approximate surface area is 293 Å². The summed E-state index contributed by atoms with van der Waals surface area (Å²) in [5.74, 6) is -52.8. The second kappa shape index (κ2) is 14.7. The lowest BCUT2D eigenvalue weighted by molar-refractivity contribution is -0.600. The third-order valence-electron chi connectivity index (χ3n) is 5.67. The molecule has 0 aliphatic rings. The van der Waals surface area contributed by atoms with Gasteiger partial charge in [-0.05, 0) is 0 Å². The van der Waals surface area contributed by atoms with E-state index in [1.165, 1.54) is 4.74 Å². The first kappa shape index (κ1) is 56.3. The van der Waals surface area contributed by atoms with Crippen molar-refractivity contribution in [2.24, 2.45) is 0 Å². The zero-order valence-corrected chi connectivity index (χ0v) is 24.9. The Morgan fingerprint density at radius 1 is 0.237 bits per heavy atom. The highest BCUT2D eigenvalue weighted by Crippen LogP contribution is 2.62. The Bertz CT molecular complexity index is 1450. The molecule has 0 amide bonds. The summed E-state index contributed by atoms with van der Waals surface area (Å²) in [6.45, 7) is -3.90. The van der Waals surface area contributed by atoms with Gasteiger partial charge in [0, 0.05) is 0 Å². The van der Waals surface area contributed by atoms with Crippen LogP contribution in [0, 0.1) is 0 Å². The first-order valence-electron chi connectivity index (χ1n) is 12.1. The normalized spacial score (nSPS) is 20.9. The van der Waals surface area contributed by atoms with Gasteiger partial charge in [-0.3, -0.25) is 23.7 Å². The molecule has 0 heterocycles. The quantitative estimate of drug-likeness (QED) is 0.156. The molecule has 0 aromatic carbocycles. The van der Waals surface area contributed by atoms with Crippen LogP contribution in [0.4, 0.5) is 154 Å². The van der Waals surface area contributed by atoms with Crippen LogP contribution in [-0.4, -0.2) is 115 Å². The molecule has 6 nitrogen and oxygen atoms in total. The summed E-state index contributed by atoms with van der Waals surface area (Å²) >= 11 is 0. The number of alkyl halides is 35. The number of hydrogen-bond donors (Lipinski definition) is 1. The monoisotopic (exact) mass is 980 g/mol.